The summed E-state index contributed by atoms with van der Waals surface area (Å²) >= 11 is 0. The smallest absolute Gasteiger partial charge is 0.306 e. The number of benzene rings is 1. The fourth-order valence-corrected chi connectivity index (χ4v) is 2.79. The van der Waals surface area contributed by atoms with E-state index in [1.54, 1.807) is 0 Å². The fourth-order valence-electron chi connectivity index (χ4n) is 2.79. The van der Waals surface area contributed by atoms with Crippen LogP contribution in [0.15, 0.2) is 12.1 Å². The van der Waals surface area contributed by atoms with E-state index < -0.39 is 0 Å². The molecule has 1 atom stereocenters. The molecule has 0 saturated heterocycles. The largest absolute Gasteiger partial charge is 0.469 e. The lowest BCUT2D eigenvalue weighted by atomic mass is 9.93. The lowest BCUT2D eigenvalue weighted by Gasteiger charge is -2.14. The first kappa shape index (κ1) is 13.5. The normalized spacial score (nSPS) is 16.9. The Labute approximate surface area is 112 Å². The van der Waals surface area contributed by atoms with E-state index in [0.29, 0.717) is 12.0 Å². The van der Waals surface area contributed by atoms with E-state index in [9.17, 15) is 4.79 Å². The van der Waals surface area contributed by atoms with Gasteiger partial charge in [0.1, 0.15) is 5.84 Å². The molecule has 5 heteroatoms. The molecule has 102 valence electrons. The SMILES string of the molecule is COC(=O)CC1CCc2c1ccc(C(=N)NO)c2C. The van der Waals surface area contributed by atoms with Gasteiger partial charge in [-0.05, 0) is 42.4 Å². The first-order chi connectivity index (χ1) is 9.08. The molecular weight excluding hydrogens is 244 g/mol. The summed E-state index contributed by atoms with van der Waals surface area (Å²) in [7, 11) is 1.40. The van der Waals surface area contributed by atoms with E-state index in [2.05, 4.69) is 0 Å². The van der Waals surface area contributed by atoms with E-state index in [-0.39, 0.29) is 17.7 Å². The Bertz CT molecular complexity index is 526. The van der Waals surface area contributed by atoms with Crippen LogP contribution in [0.4, 0.5) is 0 Å². The molecule has 0 bridgehead atoms. The molecule has 0 saturated carbocycles. The number of rotatable bonds is 3. The van der Waals surface area contributed by atoms with Crippen LogP contribution >= 0.6 is 0 Å². The van der Waals surface area contributed by atoms with Crippen molar-refractivity contribution in [1.29, 1.82) is 5.41 Å². The number of hydrogen-bond donors (Lipinski definition) is 3. The van der Waals surface area contributed by atoms with Crippen LogP contribution in [0.1, 0.15) is 41.0 Å². The van der Waals surface area contributed by atoms with Gasteiger partial charge in [-0.15, -0.1) is 0 Å². The summed E-state index contributed by atoms with van der Waals surface area (Å²) < 4.78 is 4.72. The Balaban J connectivity index is 2.31. The summed E-state index contributed by atoms with van der Waals surface area (Å²) in [6.07, 6.45) is 2.22. The first-order valence-electron chi connectivity index (χ1n) is 6.26. The van der Waals surface area contributed by atoms with Gasteiger partial charge >= 0.3 is 5.97 Å². The fraction of sp³-hybridized carbons (Fsp3) is 0.429. The number of carbonyl (C=O) groups excluding carboxylic acids is 1. The highest BCUT2D eigenvalue weighted by Crippen LogP contribution is 2.38. The van der Waals surface area contributed by atoms with Gasteiger partial charge in [-0.1, -0.05) is 12.1 Å². The molecule has 19 heavy (non-hydrogen) atoms. The average Bonchev–Trinajstić information content (AvgIpc) is 2.82. The standard InChI is InChI=1S/C14H18N2O3/c1-8-10-4-3-9(7-13(17)19-2)12(10)6-5-11(8)14(15)16-18/h5-6,9,18H,3-4,7H2,1-2H3,(H2,15,16). The molecule has 1 aromatic rings. The molecule has 1 aliphatic carbocycles. The van der Waals surface area contributed by atoms with Crippen molar-refractivity contribution in [2.75, 3.05) is 7.11 Å². The molecule has 1 unspecified atom stereocenters. The van der Waals surface area contributed by atoms with E-state index in [4.69, 9.17) is 15.4 Å². The molecule has 2 rings (SSSR count). The van der Waals surface area contributed by atoms with Crippen molar-refractivity contribution in [2.45, 2.75) is 32.1 Å². The second-order valence-corrected chi connectivity index (χ2v) is 4.81. The predicted molar refractivity (Wildman–Crippen MR) is 70.6 cm³/mol. The summed E-state index contributed by atoms with van der Waals surface area (Å²) in [5, 5.41) is 16.5. The molecule has 1 aromatic carbocycles. The summed E-state index contributed by atoms with van der Waals surface area (Å²) in [4.78, 5) is 11.4. The monoisotopic (exact) mass is 262 g/mol. The number of fused-ring (bicyclic) bond motifs is 1. The van der Waals surface area contributed by atoms with Gasteiger partial charge in [0.25, 0.3) is 0 Å². The van der Waals surface area contributed by atoms with Crippen LogP contribution in [0, 0.1) is 12.3 Å². The molecule has 0 radical (unpaired) electrons. The molecule has 0 fully saturated rings. The van der Waals surface area contributed by atoms with Crippen LogP contribution in [0.5, 0.6) is 0 Å². The van der Waals surface area contributed by atoms with E-state index in [1.807, 2.05) is 24.5 Å². The van der Waals surface area contributed by atoms with Crippen molar-refractivity contribution >= 4 is 11.8 Å². The predicted octanol–water partition coefficient (Wildman–Crippen LogP) is 1.89. The Morgan fingerprint density at radius 3 is 2.95 bits per heavy atom. The molecule has 0 aromatic heterocycles. The maximum Gasteiger partial charge on any atom is 0.306 e. The van der Waals surface area contributed by atoms with Gasteiger partial charge in [0, 0.05) is 5.56 Å². The third-order valence-corrected chi connectivity index (χ3v) is 3.84. The lowest BCUT2D eigenvalue weighted by molar-refractivity contribution is -0.141. The van der Waals surface area contributed by atoms with Crippen molar-refractivity contribution in [3.8, 4) is 0 Å². The molecule has 5 nitrogen and oxygen atoms in total. The molecule has 0 spiro atoms. The zero-order chi connectivity index (χ0) is 14.0. The minimum absolute atomic E-state index is 0.00304. The van der Waals surface area contributed by atoms with Gasteiger partial charge in [0.05, 0.1) is 13.5 Å². The first-order valence-corrected chi connectivity index (χ1v) is 6.26. The number of methoxy groups -OCH3 is 1. The minimum Gasteiger partial charge on any atom is -0.469 e. The second kappa shape index (κ2) is 5.40. The van der Waals surface area contributed by atoms with E-state index in [0.717, 1.165) is 24.0 Å². The quantitative estimate of drug-likeness (QED) is 0.336. The maximum atomic E-state index is 11.4. The van der Waals surface area contributed by atoms with Crippen LogP contribution in [0.2, 0.25) is 0 Å². The molecular formula is C14H18N2O3. The van der Waals surface area contributed by atoms with Gasteiger partial charge in [-0.2, -0.15) is 0 Å². The summed E-state index contributed by atoms with van der Waals surface area (Å²) in [6.45, 7) is 1.95. The highest BCUT2D eigenvalue weighted by Gasteiger charge is 2.27. The van der Waals surface area contributed by atoms with Gasteiger partial charge in [0.2, 0.25) is 0 Å². The van der Waals surface area contributed by atoms with Crippen LogP contribution in [-0.4, -0.2) is 24.1 Å². The third-order valence-electron chi connectivity index (χ3n) is 3.84. The zero-order valence-corrected chi connectivity index (χ0v) is 11.1. The second-order valence-electron chi connectivity index (χ2n) is 4.81. The van der Waals surface area contributed by atoms with E-state index in [1.165, 1.54) is 12.7 Å². The summed E-state index contributed by atoms with van der Waals surface area (Å²) in [5.41, 5.74) is 5.92. The van der Waals surface area contributed by atoms with Gasteiger partial charge in [-0.3, -0.25) is 20.9 Å². The summed E-state index contributed by atoms with van der Waals surface area (Å²) in [5.74, 6) is 0.00698. The van der Waals surface area contributed by atoms with Crippen LogP contribution in [0.3, 0.4) is 0 Å². The summed E-state index contributed by atoms with van der Waals surface area (Å²) in [6, 6.07) is 3.76. The van der Waals surface area contributed by atoms with Crippen molar-refractivity contribution in [3.63, 3.8) is 0 Å². The van der Waals surface area contributed by atoms with Gasteiger partial charge < -0.3 is 4.74 Å². The molecule has 0 heterocycles. The number of nitrogens with one attached hydrogen (secondary N) is 2. The Hall–Kier alpha value is -1.88. The zero-order valence-electron chi connectivity index (χ0n) is 11.1. The molecule has 0 aliphatic heterocycles. The van der Waals surface area contributed by atoms with Crippen LogP contribution in [-0.2, 0) is 16.0 Å². The topological polar surface area (TPSA) is 82.4 Å². The Morgan fingerprint density at radius 2 is 2.32 bits per heavy atom. The van der Waals surface area contributed by atoms with Crippen molar-refractivity contribution in [2.24, 2.45) is 0 Å². The molecule has 1 aliphatic rings. The van der Waals surface area contributed by atoms with E-state index >= 15 is 0 Å². The maximum absolute atomic E-state index is 11.4. The molecule has 0 amide bonds. The van der Waals surface area contributed by atoms with Crippen molar-refractivity contribution in [3.05, 3.63) is 34.4 Å². The van der Waals surface area contributed by atoms with Crippen LogP contribution < -0.4 is 5.48 Å². The Morgan fingerprint density at radius 1 is 1.58 bits per heavy atom. The number of hydrogen-bond acceptors (Lipinski definition) is 4. The number of hydroxylamine groups is 1. The van der Waals surface area contributed by atoms with Gasteiger partial charge in [0.15, 0.2) is 0 Å². The number of carbonyl (C=O) groups is 1. The number of ether oxygens (including phenoxy) is 1. The number of esters is 1. The van der Waals surface area contributed by atoms with Crippen LogP contribution in [0.25, 0.3) is 0 Å². The highest BCUT2D eigenvalue weighted by molar-refractivity contribution is 5.97. The van der Waals surface area contributed by atoms with Crippen molar-refractivity contribution in [1.82, 2.24) is 5.48 Å². The number of amidine groups is 1. The van der Waals surface area contributed by atoms with Crippen molar-refractivity contribution < 1.29 is 14.7 Å². The minimum atomic E-state index is -0.190. The average molecular weight is 262 g/mol. The highest BCUT2D eigenvalue weighted by atomic mass is 16.5. The Kier molecular flexibility index (Phi) is 3.85. The lowest BCUT2D eigenvalue weighted by Crippen LogP contribution is -2.20. The molecule has 3 N–H and O–H groups in total. The third kappa shape index (κ3) is 2.46. The van der Waals surface area contributed by atoms with Gasteiger partial charge in [-0.25, -0.2) is 0 Å².